The van der Waals surface area contributed by atoms with E-state index < -0.39 is 11.2 Å². The highest BCUT2D eigenvalue weighted by Gasteiger charge is 2.11. The van der Waals surface area contributed by atoms with E-state index in [4.69, 9.17) is 0 Å². The van der Waals surface area contributed by atoms with Gasteiger partial charge in [-0.2, -0.15) is 14.9 Å². The zero-order chi connectivity index (χ0) is 16.7. The molecule has 0 aliphatic carbocycles. The van der Waals surface area contributed by atoms with E-state index in [1.807, 2.05) is 6.07 Å². The Morgan fingerprint density at radius 1 is 1.04 bits per heavy atom. The third kappa shape index (κ3) is 2.13. The highest BCUT2D eigenvalue weighted by Crippen LogP contribution is 2.14. The summed E-state index contributed by atoms with van der Waals surface area (Å²) >= 11 is 0. The Labute approximate surface area is 132 Å². The molecule has 0 spiro atoms. The molecule has 0 unspecified atom stereocenters. The van der Waals surface area contributed by atoms with Crippen LogP contribution in [0.4, 0.5) is 0 Å². The molecular formula is C14H9N7O3. The van der Waals surface area contributed by atoms with Crippen molar-refractivity contribution in [2.24, 2.45) is 0 Å². The van der Waals surface area contributed by atoms with Crippen LogP contribution in [0.2, 0.25) is 0 Å². The molecule has 0 aromatic carbocycles. The first-order chi connectivity index (χ1) is 11.6. The second-order valence-corrected chi connectivity index (χ2v) is 4.85. The van der Waals surface area contributed by atoms with Gasteiger partial charge in [0, 0.05) is 6.20 Å². The fraction of sp³-hybridized carbons (Fsp3) is 0. The summed E-state index contributed by atoms with van der Waals surface area (Å²) < 4.78 is 2.40. The lowest BCUT2D eigenvalue weighted by Crippen LogP contribution is -2.39. The van der Waals surface area contributed by atoms with Gasteiger partial charge in [0.1, 0.15) is 17.2 Å². The summed E-state index contributed by atoms with van der Waals surface area (Å²) in [4.78, 5) is 31.4. The molecule has 1 N–H and O–H groups in total. The molecule has 0 aliphatic heterocycles. The number of fused-ring (bicyclic) bond motifs is 1. The van der Waals surface area contributed by atoms with Gasteiger partial charge in [0.25, 0.3) is 0 Å². The van der Waals surface area contributed by atoms with Crippen molar-refractivity contribution in [1.82, 2.24) is 34.3 Å². The molecule has 4 aromatic heterocycles. The summed E-state index contributed by atoms with van der Waals surface area (Å²) in [5.74, 6) is 0.154. The predicted molar refractivity (Wildman–Crippen MR) is 81.5 cm³/mol. The molecule has 4 heterocycles. The first-order valence-electron chi connectivity index (χ1n) is 6.81. The molecule has 0 atom stereocenters. The minimum Gasteiger partial charge on any atom is -0.421 e. The molecule has 0 fully saturated rings. The molecule has 0 radical (unpaired) electrons. The monoisotopic (exact) mass is 323 g/mol. The number of rotatable bonds is 2. The number of nitrogens with zero attached hydrogens (tertiary/aromatic N) is 7. The van der Waals surface area contributed by atoms with Crippen LogP contribution in [0.5, 0.6) is 0 Å². The maximum Gasteiger partial charge on any atom is 0.387 e. The predicted octanol–water partition coefficient (Wildman–Crippen LogP) is -0.240. The summed E-state index contributed by atoms with van der Waals surface area (Å²) in [6.07, 6.45) is 5.81. The van der Waals surface area contributed by atoms with Crippen LogP contribution in [0.15, 0.2) is 58.6 Å². The van der Waals surface area contributed by atoms with E-state index in [9.17, 15) is 14.8 Å². The largest absolute Gasteiger partial charge is 0.421 e. The van der Waals surface area contributed by atoms with Crippen LogP contribution in [0, 0.1) is 0 Å². The molecule has 118 valence electrons. The van der Waals surface area contributed by atoms with Crippen LogP contribution < -0.4 is 11.2 Å². The van der Waals surface area contributed by atoms with E-state index in [2.05, 4.69) is 20.2 Å². The maximum atomic E-state index is 11.9. The van der Waals surface area contributed by atoms with E-state index in [-0.39, 0.29) is 10.5 Å². The van der Waals surface area contributed by atoms with Crippen molar-refractivity contribution in [3.63, 3.8) is 0 Å². The number of hydrogen-bond acceptors (Lipinski definition) is 7. The molecule has 0 aliphatic rings. The average molecular weight is 323 g/mol. The lowest BCUT2D eigenvalue weighted by molar-refractivity contribution is 0.154. The second-order valence-electron chi connectivity index (χ2n) is 4.85. The Bertz CT molecular complexity index is 1160. The fourth-order valence-electron chi connectivity index (χ4n) is 2.19. The van der Waals surface area contributed by atoms with Gasteiger partial charge >= 0.3 is 11.2 Å². The van der Waals surface area contributed by atoms with Crippen LogP contribution in [0.1, 0.15) is 0 Å². The van der Waals surface area contributed by atoms with Gasteiger partial charge in [0.2, 0.25) is 0 Å². The molecule has 0 bridgehead atoms. The summed E-state index contributed by atoms with van der Waals surface area (Å²) in [5.41, 5.74) is -0.0410. The third-order valence-corrected chi connectivity index (χ3v) is 3.33. The highest BCUT2D eigenvalue weighted by molar-refractivity contribution is 5.75. The Kier molecular flexibility index (Phi) is 2.95. The Morgan fingerprint density at radius 3 is 2.71 bits per heavy atom. The smallest absolute Gasteiger partial charge is 0.387 e. The number of pyridine rings is 2. The minimum atomic E-state index is -1.01. The Balaban J connectivity index is 1.86. The normalized spacial score (nSPS) is 11.0. The average Bonchev–Trinajstić information content (AvgIpc) is 3.04. The maximum absolute atomic E-state index is 11.9. The topological polar surface area (TPSA) is 121 Å². The van der Waals surface area contributed by atoms with E-state index in [1.54, 1.807) is 35.4 Å². The van der Waals surface area contributed by atoms with Gasteiger partial charge < -0.3 is 5.21 Å². The van der Waals surface area contributed by atoms with Crippen LogP contribution in [0.25, 0.3) is 22.5 Å². The molecule has 0 saturated carbocycles. The third-order valence-electron chi connectivity index (χ3n) is 3.33. The second kappa shape index (κ2) is 5.12. The van der Waals surface area contributed by atoms with Gasteiger partial charge in [0.15, 0.2) is 5.82 Å². The van der Waals surface area contributed by atoms with Crippen LogP contribution >= 0.6 is 0 Å². The molecule has 0 saturated heterocycles. The van der Waals surface area contributed by atoms with Gasteiger partial charge in [-0.05, 0) is 24.3 Å². The summed E-state index contributed by atoms with van der Waals surface area (Å²) in [6.45, 7) is 0. The SMILES string of the molecule is O=c1cnn(-c2ccc3nn(-c4cccnc4)cc3n2)c(=O)n1O. The van der Waals surface area contributed by atoms with Crippen LogP contribution in [-0.2, 0) is 0 Å². The summed E-state index contributed by atoms with van der Waals surface area (Å²) in [5, 5.41) is 17.5. The first-order valence-corrected chi connectivity index (χ1v) is 6.81. The Hall–Kier alpha value is -3.82. The lowest BCUT2D eigenvalue weighted by Gasteiger charge is -2.02. The standard InChI is InChI=1S/C14H9N7O3/c22-13-7-16-20(14(23)21(13)24)12-4-3-10-11(17-12)8-19(18-10)9-2-1-5-15-6-9/h1-8,24H. The van der Waals surface area contributed by atoms with Crippen molar-refractivity contribution >= 4 is 11.0 Å². The molecule has 10 heteroatoms. The zero-order valence-corrected chi connectivity index (χ0v) is 12.0. The van der Waals surface area contributed by atoms with Crippen molar-refractivity contribution < 1.29 is 5.21 Å². The fourth-order valence-corrected chi connectivity index (χ4v) is 2.19. The van der Waals surface area contributed by atoms with E-state index >= 15 is 0 Å². The quantitative estimate of drug-likeness (QED) is 0.505. The molecule has 10 nitrogen and oxygen atoms in total. The number of aromatic nitrogens is 7. The lowest BCUT2D eigenvalue weighted by atomic mass is 10.4. The minimum absolute atomic E-state index is 0.0298. The van der Waals surface area contributed by atoms with Crippen LogP contribution in [-0.4, -0.2) is 39.5 Å². The Morgan fingerprint density at radius 2 is 1.92 bits per heavy atom. The zero-order valence-electron chi connectivity index (χ0n) is 12.0. The summed E-state index contributed by atoms with van der Waals surface area (Å²) in [6, 6.07) is 6.80. The first kappa shape index (κ1) is 13.8. The summed E-state index contributed by atoms with van der Waals surface area (Å²) in [7, 11) is 0. The van der Waals surface area contributed by atoms with E-state index in [0.29, 0.717) is 11.0 Å². The van der Waals surface area contributed by atoms with Gasteiger partial charge in [-0.1, -0.05) is 4.73 Å². The van der Waals surface area contributed by atoms with Gasteiger partial charge in [-0.3, -0.25) is 9.78 Å². The molecular weight excluding hydrogens is 314 g/mol. The molecule has 4 rings (SSSR count). The van der Waals surface area contributed by atoms with Crippen molar-refractivity contribution in [3.05, 3.63) is 69.9 Å². The van der Waals surface area contributed by atoms with E-state index in [0.717, 1.165) is 16.6 Å². The van der Waals surface area contributed by atoms with Crippen LogP contribution in [0.3, 0.4) is 0 Å². The highest BCUT2D eigenvalue weighted by atomic mass is 16.5. The molecule has 0 amide bonds. The van der Waals surface area contributed by atoms with E-state index in [1.165, 1.54) is 6.07 Å². The van der Waals surface area contributed by atoms with Gasteiger partial charge in [-0.25, -0.2) is 14.5 Å². The molecule has 24 heavy (non-hydrogen) atoms. The van der Waals surface area contributed by atoms with Gasteiger partial charge in [0.05, 0.1) is 18.1 Å². The van der Waals surface area contributed by atoms with Crippen molar-refractivity contribution in [2.75, 3.05) is 0 Å². The van der Waals surface area contributed by atoms with Crippen molar-refractivity contribution in [2.45, 2.75) is 0 Å². The van der Waals surface area contributed by atoms with Crippen molar-refractivity contribution in [3.8, 4) is 11.5 Å². The van der Waals surface area contributed by atoms with Crippen molar-refractivity contribution in [1.29, 1.82) is 0 Å². The molecule has 4 aromatic rings. The number of hydrogen-bond donors (Lipinski definition) is 1. The van der Waals surface area contributed by atoms with Gasteiger partial charge in [-0.15, -0.1) is 0 Å².